The topological polar surface area (TPSA) is 21.3 Å². The molecule has 1 fully saturated rings. The number of rotatable bonds is 0. The molecule has 1 rings (SSSR count). The van der Waals surface area contributed by atoms with Crippen LogP contribution in [0.5, 0.6) is 0 Å². The SMILES string of the molecule is CC(C)(C)B1N[B]C[B]O1. The molecule has 1 saturated heterocycles. The Bertz CT molecular complexity index is 108. The summed E-state index contributed by atoms with van der Waals surface area (Å²) in [6.07, 6.45) is 0.895. The molecule has 5 heteroatoms. The van der Waals surface area contributed by atoms with Crippen LogP contribution in [-0.2, 0) is 4.57 Å². The minimum atomic E-state index is 0.140. The van der Waals surface area contributed by atoms with Crippen molar-refractivity contribution >= 4 is 21.9 Å². The highest BCUT2D eigenvalue weighted by Gasteiger charge is 2.32. The fraction of sp³-hybridized carbons (Fsp3) is 1.00. The van der Waals surface area contributed by atoms with Crippen LogP contribution in [0.4, 0.5) is 0 Å². The third-order valence-corrected chi connectivity index (χ3v) is 1.50. The molecule has 0 spiro atoms. The van der Waals surface area contributed by atoms with Gasteiger partial charge in [-0.15, -0.1) is 0 Å². The van der Waals surface area contributed by atoms with Crippen LogP contribution < -0.4 is 5.14 Å². The normalized spacial score (nSPS) is 19.7. The first-order valence-corrected chi connectivity index (χ1v) is 3.65. The molecule has 2 radical (unpaired) electrons. The second kappa shape index (κ2) is 3.01. The Labute approximate surface area is 64.8 Å². The van der Waals surface area contributed by atoms with Crippen molar-refractivity contribution in [3.8, 4) is 0 Å². The largest absolute Gasteiger partial charge is 0.490 e. The molecule has 1 aliphatic rings. The molecule has 0 aromatic carbocycles. The first-order valence-electron chi connectivity index (χ1n) is 3.65. The summed E-state index contributed by atoms with van der Waals surface area (Å²) in [5, 5.41) is 3.35. The van der Waals surface area contributed by atoms with Crippen molar-refractivity contribution in [2.24, 2.45) is 0 Å². The molecule has 10 heavy (non-hydrogen) atoms. The quantitative estimate of drug-likeness (QED) is 0.488. The highest BCUT2D eigenvalue weighted by atomic mass is 16.4. The third kappa shape index (κ3) is 2.06. The summed E-state index contributed by atoms with van der Waals surface area (Å²) in [6.45, 7) is 6.45. The van der Waals surface area contributed by atoms with Gasteiger partial charge in [0.15, 0.2) is 7.41 Å². The van der Waals surface area contributed by atoms with E-state index >= 15 is 0 Å². The number of hydrogen-bond donors (Lipinski definition) is 1. The summed E-state index contributed by atoms with van der Waals surface area (Å²) in [5.41, 5.74) is 0. The van der Waals surface area contributed by atoms with Crippen molar-refractivity contribution in [1.82, 2.24) is 5.14 Å². The Morgan fingerprint density at radius 1 is 1.50 bits per heavy atom. The predicted molar refractivity (Wildman–Crippen MR) is 46.0 cm³/mol. The fourth-order valence-corrected chi connectivity index (χ4v) is 0.868. The summed E-state index contributed by atoms with van der Waals surface area (Å²) in [7, 11) is 4.01. The third-order valence-electron chi connectivity index (χ3n) is 1.50. The van der Waals surface area contributed by atoms with Gasteiger partial charge in [-0.3, -0.25) is 0 Å². The van der Waals surface area contributed by atoms with Gasteiger partial charge in [0.1, 0.15) is 0 Å². The van der Waals surface area contributed by atoms with Crippen molar-refractivity contribution in [2.75, 3.05) is 0 Å². The molecule has 0 aliphatic carbocycles. The monoisotopic (exact) mass is 135 g/mol. The Kier molecular flexibility index (Phi) is 2.47. The molecule has 0 atom stereocenters. The van der Waals surface area contributed by atoms with E-state index in [1.54, 1.807) is 0 Å². The van der Waals surface area contributed by atoms with Gasteiger partial charge in [0.05, 0.1) is 0 Å². The zero-order valence-electron chi connectivity index (χ0n) is 6.85. The van der Waals surface area contributed by atoms with E-state index in [1.807, 2.05) is 14.9 Å². The average molecular weight is 135 g/mol. The molecule has 1 aliphatic heterocycles. The highest BCUT2D eigenvalue weighted by Crippen LogP contribution is 2.26. The molecule has 0 aromatic heterocycles. The van der Waals surface area contributed by atoms with E-state index in [0.29, 0.717) is 0 Å². The van der Waals surface area contributed by atoms with Crippen molar-refractivity contribution in [1.29, 1.82) is 0 Å². The van der Waals surface area contributed by atoms with Crippen molar-refractivity contribution in [2.45, 2.75) is 32.3 Å². The molecule has 0 unspecified atom stereocenters. The lowest BCUT2D eigenvalue weighted by atomic mass is 9.49. The Hall–Kier alpha value is 0.115. The van der Waals surface area contributed by atoms with Gasteiger partial charge in [-0.05, 0) is 5.31 Å². The number of hydrogen-bond acceptors (Lipinski definition) is 2. The second-order valence-corrected chi connectivity index (χ2v) is 3.66. The maximum atomic E-state index is 5.38. The minimum absolute atomic E-state index is 0.140. The van der Waals surface area contributed by atoms with E-state index in [-0.39, 0.29) is 12.4 Å². The highest BCUT2D eigenvalue weighted by molar-refractivity contribution is 6.73. The fourth-order valence-electron chi connectivity index (χ4n) is 0.868. The molecule has 1 heterocycles. The molecule has 2 nitrogen and oxygen atoms in total. The van der Waals surface area contributed by atoms with Gasteiger partial charge in [0.25, 0.3) is 7.48 Å². The molecular formula is C5H12B3NO. The maximum absolute atomic E-state index is 5.38. The Balaban J connectivity index is 2.39. The maximum Gasteiger partial charge on any atom is 0.357 e. The summed E-state index contributed by atoms with van der Waals surface area (Å²) in [5.74, 6) is 0. The summed E-state index contributed by atoms with van der Waals surface area (Å²) in [4.78, 5) is 0. The van der Waals surface area contributed by atoms with Gasteiger partial charge in [-0.2, -0.15) is 0 Å². The van der Waals surface area contributed by atoms with E-state index in [2.05, 4.69) is 25.9 Å². The van der Waals surface area contributed by atoms with Crippen LogP contribution >= 0.6 is 0 Å². The van der Waals surface area contributed by atoms with Crippen LogP contribution in [0.25, 0.3) is 0 Å². The van der Waals surface area contributed by atoms with Crippen LogP contribution in [-0.4, -0.2) is 21.9 Å². The van der Waals surface area contributed by atoms with Crippen LogP contribution in [0, 0.1) is 0 Å². The molecule has 0 amide bonds. The second-order valence-electron chi connectivity index (χ2n) is 3.66. The zero-order chi connectivity index (χ0) is 7.61. The van der Waals surface area contributed by atoms with E-state index in [0.717, 1.165) is 6.22 Å². The van der Waals surface area contributed by atoms with Crippen molar-refractivity contribution in [3.63, 3.8) is 0 Å². The average Bonchev–Trinajstić information content (AvgIpc) is 1.88. The molecule has 0 aromatic rings. The summed E-state index contributed by atoms with van der Waals surface area (Å²) in [6, 6.07) is 0. The first kappa shape index (κ1) is 8.21. The number of nitrogens with one attached hydrogen (secondary N) is 1. The molecular weight excluding hydrogens is 122 g/mol. The van der Waals surface area contributed by atoms with Gasteiger partial charge in [-0.25, -0.2) is 0 Å². The van der Waals surface area contributed by atoms with Crippen LogP contribution in [0.3, 0.4) is 0 Å². The summed E-state index contributed by atoms with van der Waals surface area (Å²) >= 11 is 0. The van der Waals surface area contributed by atoms with E-state index in [1.165, 1.54) is 0 Å². The summed E-state index contributed by atoms with van der Waals surface area (Å²) < 4.78 is 5.38. The van der Waals surface area contributed by atoms with E-state index in [9.17, 15) is 0 Å². The van der Waals surface area contributed by atoms with Crippen LogP contribution in [0.15, 0.2) is 0 Å². The van der Waals surface area contributed by atoms with Crippen molar-refractivity contribution < 1.29 is 4.57 Å². The van der Waals surface area contributed by atoms with Gasteiger partial charge in [-0.1, -0.05) is 27.0 Å². The lowest BCUT2D eigenvalue weighted by Crippen LogP contribution is -2.51. The Morgan fingerprint density at radius 3 is 2.50 bits per heavy atom. The van der Waals surface area contributed by atoms with Gasteiger partial charge in [0, 0.05) is 0 Å². The van der Waals surface area contributed by atoms with E-state index in [4.69, 9.17) is 4.57 Å². The van der Waals surface area contributed by atoms with Crippen molar-refractivity contribution in [3.05, 3.63) is 0 Å². The van der Waals surface area contributed by atoms with Gasteiger partial charge >= 0.3 is 7.05 Å². The van der Waals surface area contributed by atoms with E-state index < -0.39 is 0 Å². The van der Waals surface area contributed by atoms with Gasteiger partial charge in [0.2, 0.25) is 0 Å². The predicted octanol–water partition coefficient (Wildman–Crippen LogP) is 0.509. The first-order chi connectivity index (χ1) is 4.61. The lowest BCUT2D eigenvalue weighted by Gasteiger charge is -2.30. The standard InChI is InChI=1S/C5H12B3NO/c1-5(2,3)8-9-6-4-7-10-8/h9H,4H2,1-3H3. The lowest BCUT2D eigenvalue weighted by molar-refractivity contribution is 0.528. The Morgan fingerprint density at radius 2 is 2.20 bits per heavy atom. The molecule has 0 saturated carbocycles. The van der Waals surface area contributed by atoms with Gasteiger partial charge < -0.3 is 9.71 Å². The molecule has 0 bridgehead atoms. The molecule has 1 N–H and O–H groups in total. The minimum Gasteiger partial charge on any atom is -0.490 e. The van der Waals surface area contributed by atoms with Crippen LogP contribution in [0.1, 0.15) is 20.8 Å². The molecule has 52 valence electrons. The smallest absolute Gasteiger partial charge is 0.357 e. The zero-order valence-corrected chi connectivity index (χ0v) is 6.85. The van der Waals surface area contributed by atoms with Crippen LogP contribution in [0.2, 0.25) is 11.5 Å².